The van der Waals surface area contributed by atoms with Crippen LogP contribution in [-0.4, -0.2) is 7.11 Å². The predicted octanol–water partition coefficient (Wildman–Crippen LogP) is 6.53. The topological polar surface area (TPSA) is 9.23 Å². The van der Waals surface area contributed by atoms with E-state index in [1.165, 1.54) is 10.9 Å². The van der Waals surface area contributed by atoms with Crippen LogP contribution < -0.4 is 4.74 Å². The number of ether oxygens (including phenoxy) is 1. The lowest BCUT2D eigenvalue weighted by molar-refractivity contribution is 0.415. The molecule has 154 valence electrons. The zero-order valence-electron chi connectivity index (χ0n) is 18.2. The van der Waals surface area contributed by atoms with Crippen molar-refractivity contribution in [1.29, 1.82) is 0 Å². The predicted molar refractivity (Wildman–Crippen MR) is 135 cm³/mol. The maximum absolute atomic E-state index is 5.56. The first-order valence-electron chi connectivity index (χ1n) is 10.7. The number of methoxy groups -OCH3 is 1. The van der Waals surface area contributed by atoms with Gasteiger partial charge in [0.1, 0.15) is 5.75 Å². The Labute approximate surface area is 190 Å². The van der Waals surface area contributed by atoms with Crippen LogP contribution in [0.4, 0.5) is 0 Å². The molecule has 4 aromatic rings. The van der Waals surface area contributed by atoms with Gasteiger partial charge in [0.2, 0.25) is 0 Å². The fourth-order valence-corrected chi connectivity index (χ4v) is 4.04. The second-order valence-corrected chi connectivity index (χ2v) is 7.67. The second-order valence-electron chi connectivity index (χ2n) is 7.67. The van der Waals surface area contributed by atoms with E-state index in [0.29, 0.717) is 12.8 Å². The normalized spacial score (nSPS) is 10.2. The third-order valence-corrected chi connectivity index (χ3v) is 5.72. The summed E-state index contributed by atoms with van der Waals surface area (Å²) in [5.74, 6) is 13.4. The minimum atomic E-state index is 0.672. The van der Waals surface area contributed by atoms with E-state index in [0.717, 1.165) is 51.4 Å². The number of hydrogen-bond donors (Lipinski definition) is 0. The van der Waals surface area contributed by atoms with Crippen LogP contribution in [0.15, 0.2) is 66.7 Å². The first kappa shape index (κ1) is 21.1. The zero-order valence-corrected chi connectivity index (χ0v) is 18.2. The molecular weight excluding hydrogens is 388 g/mol. The highest BCUT2D eigenvalue weighted by Crippen LogP contribution is 2.28. The van der Waals surface area contributed by atoms with E-state index < -0.39 is 0 Å². The van der Waals surface area contributed by atoms with Gasteiger partial charge in [-0.3, -0.25) is 0 Å². The van der Waals surface area contributed by atoms with E-state index in [-0.39, 0.29) is 0 Å². The molecule has 0 aliphatic carbocycles. The Balaban J connectivity index is 1.95. The summed E-state index contributed by atoms with van der Waals surface area (Å²) in [6, 6.07) is 23.0. The molecule has 0 amide bonds. The molecule has 0 aliphatic heterocycles. The van der Waals surface area contributed by atoms with Crippen molar-refractivity contribution in [2.45, 2.75) is 25.7 Å². The van der Waals surface area contributed by atoms with Crippen LogP contribution in [0.2, 0.25) is 0 Å². The number of terminal acetylenes is 2. The molecule has 4 rings (SSSR count). The molecule has 1 heteroatoms. The number of hydrogen-bond acceptors (Lipinski definition) is 1. The molecule has 0 fully saturated rings. The molecule has 0 saturated carbocycles. The van der Waals surface area contributed by atoms with E-state index in [2.05, 4.69) is 84.3 Å². The van der Waals surface area contributed by atoms with Gasteiger partial charge in [-0.25, -0.2) is 0 Å². The first-order chi connectivity index (χ1) is 15.7. The molecule has 32 heavy (non-hydrogen) atoms. The summed E-state index contributed by atoms with van der Waals surface area (Å²) in [6.07, 6.45) is 14.1. The van der Waals surface area contributed by atoms with Crippen molar-refractivity contribution >= 4 is 21.5 Å². The molecular formula is C31H24O. The minimum Gasteiger partial charge on any atom is -0.497 e. The van der Waals surface area contributed by atoms with Crippen molar-refractivity contribution in [1.82, 2.24) is 0 Å². The Morgan fingerprint density at radius 3 is 1.88 bits per heavy atom. The SMILES string of the molecule is C#CCCc1ccc2ccccc2c1C#Cc1c(CCC#C)ccc2ccc(OC)cc12. The third-order valence-electron chi connectivity index (χ3n) is 5.72. The molecule has 0 aliphatic rings. The van der Waals surface area contributed by atoms with Gasteiger partial charge in [-0.2, -0.15) is 0 Å². The Morgan fingerprint density at radius 2 is 1.25 bits per heavy atom. The lowest BCUT2D eigenvalue weighted by Gasteiger charge is -2.10. The average Bonchev–Trinajstić information content (AvgIpc) is 2.84. The number of benzene rings is 4. The van der Waals surface area contributed by atoms with Gasteiger partial charge in [0.05, 0.1) is 7.11 Å². The summed E-state index contributed by atoms with van der Waals surface area (Å²) in [6.45, 7) is 0. The van der Waals surface area contributed by atoms with Gasteiger partial charge in [0.25, 0.3) is 0 Å². The molecule has 0 N–H and O–H groups in total. The third kappa shape index (κ3) is 4.32. The van der Waals surface area contributed by atoms with Gasteiger partial charge in [-0.15, -0.1) is 24.7 Å². The Bertz CT molecular complexity index is 1430. The molecule has 0 saturated heterocycles. The maximum Gasteiger partial charge on any atom is 0.119 e. The van der Waals surface area contributed by atoms with Crippen LogP contribution in [0.3, 0.4) is 0 Å². The standard InChI is InChI=1S/C31H24O/c1-4-6-10-23-14-15-25-12-8-9-13-28(25)29(23)20-21-30-24(11-7-5-2)16-17-26-18-19-27(32-3)22-31(26)30/h1-2,8-9,12-19,22H,6-7,10-11H2,3H3. The van der Waals surface area contributed by atoms with Crippen molar-refractivity contribution in [3.05, 3.63) is 89.0 Å². The molecule has 0 radical (unpaired) electrons. The monoisotopic (exact) mass is 412 g/mol. The molecule has 0 unspecified atom stereocenters. The average molecular weight is 413 g/mol. The molecule has 0 atom stereocenters. The highest BCUT2D eigenvalue weighted by molar-refractivity contribution is 5.92. The second kappa shape index (κ2) is 9.79. The van der Waals surface area contributed by atoms with E-state index >= 15 is 0 Å². The van der Waals surface area contributed by atoms with Crippen molar-refractivity contribution < 1.29 is 4.74 Å². The summed E-state index contributed by atoms with van der Waals surface area (Å²) in [5, 5.41) is 4.53. The van der Waals surface area contributed by atoms with E-state index in [4.69, 9.17) is 17.6 Å². The summed E-state index contributed by atoms with van der Waals surface area (Å²) in [4.78, 5) is 0. The van der Waals surface area contributed by atoms with Gasteiger partial charge in [-0.1, -0.05) is 66.4 Å². The van der Waals surface area contributed by atoms with E-state index in [1.807, 2.05) is 6.07 Å². The van der Waals surface area contributed by atoms with Gasteiger partial charge in [0, 0.05) is 29.4 Å². The van der Waals surface area contributed by atoms with Crippen molar-refractivity contribution in [2.24, 2.45) is 0 Å². The Hall–Kier alpha value is -4.12. The lowest BCUT2D eigenvalue weighted by Crippen LogP contribution is -1.95. The van der Waals surface area contributed by atoms with Crippen molar-refractivity contribution in [2.75, 3.05) is 7.11 Å². The zero-order chi connectivity index (χ0) is 22.3. The molecule has 0 bridgehead atoms. The van der Waals surface area contributed by atoms with E-state index in [9.17, 15) is 0 Å². The molecule has 0 aromatic heterocycles. The van der Waals surface area contributed by atoms with Crippen LogP contribution in [0.1, 0.15) is 35.1 Å². The smallest absolute Gasteiger partial charge is 0.119 e. The fraction of sp³-hybridized carbons (Fsp3) is 0.161. The number of rotatable bonds is 5. The van der Waals surface area contributed by atoms with Crippen LogP contribution in [0.25, 0.3) is 21.5 Å². The Morgan fingerprint density at radius 1 is 0.688 bits per heavy atom. The molecule has 1 nitrogen and oxygen atoms in total. The molecule has 4 aromatic carbocycles. The number of aryl methyl sites for hydroxylation is 2. The summed E-state index contributed by atoms with van der Waals surface area (Å²) in [5.41, 5.74) is 4.38. The van der Waals surface area contributed by atoms with Crippen LogP contribution >= 0.6 is 0 Å². The van der Waals surface area contributed by atoms with Gasteiger partial charge in [0.15, 0.2) is 0 Å². The van der Waals surface area contributed by atoms with Gasteiger partial charge >= 0.3 is 0 Å². The van der Waals surface area contributed by atoms with Crippen molar-refractivity contribution in [3.63, 3.8) is 0 Å². The van der Waals surface area contributed by atoms with Crippen LogP contribution in [0, 0.1) is 36.5 Å². The Kier molecular flexibility index (Phi) is 6.46. The maximum atomic E-state index is 5.56. The molecule has 0 heterocycles. The fourth-order valence-electron chi connectivity index (χ4n) is 4.04. The number of fused-ring (bicyclic) bond motifs is 2. The highest BCUT2D eigenvalue weighted by Gasteiger charge is 2.09. The quantitative estimate of drug-likeness (QED) is 0.339. The molecule has 0 spiro atoms. The van der Waals surface area contributed by atoms with Gasteiger partial charge < -0.3 is 4.74 Å². The van der Waals surface area contributed by atoms with Crippen LogP contribution in [0.5, 0.6) is 5.75 Å². The summed E-state index contributed by atoms with van der Waals surface area (Å²) >= 11 is 0. The lowest BCUT2D eigenvalue weighted by atomic mass is 9.94. The summed E-state index contributed by atoms with van der Waals surface area (Å²) < 4.78 is 5.48. The first-order valence-corrected chi connectivity index (χ1v) is 10.7. The van der Waals surface area contributed by atoms with Gasteiger partial charge in [-0.05, 0) is 52.3 Å². The minimum absolute atomic E-state index is 0.672. The largest absolute Gasteiger partial charge is 0.497 e. The highest BCUT2D eigenvalue weighted by atomic mass is 16.5. The van der Waals surface area contributed by atoms with E-state index in [1.54, 1.807) is 7.11 Å². The van der Waals surface area contributed by atoms with Crippen molar-refractivity contribution in [3.8, 4) is 42.3 Å². The summed E-state index contributed by atoms with van der Waals surface area (Å²) in [7, 11) is 1.68. The van der Waals surface area contributed by atoms with Crippen LogP contribution in [-0.2, 0) is 12.8 Å².